The van der Waals surface area contributed by atoms with Crippen LogP contribution in [0.2, 0.25) is 0 Å². The highest BCUT2D eigenvalue weighted by molar-refractivity contribution is 5.97. The van der Waals surface area contributed by atoms with Crippen LogP contribution in [0.1, 0.15) is 33.1 Å². The Kier molecular flexibility index (Phi) is 3.17. The lowest BCUT2D eigenvalue weighted by Crippen LogP contribution is -2.54. The van der Waals surface area contributed by atoms with Gasteiger partial charge in [0.1, 0.15) is 0 Å². The van der Waals surface area contributed by atoms with Crippen molar-refractivity contribution in [3.63, 3.8) is 0 Å². The minimum atomic E-state index is -0.206. The lowest BCUT2D eigenvalue weighted by Gasteiger charge is -2.32. The van der Waals surface area contributed by atoms with Gasteiger partial charge in [-0.15, -0.1) is 0 Å². The van der Waals surface area contributed by atoms with Crippen molar-refractivity contribution in [3.05, 3.63) is 0 Å². The predicted molar refractivity (Wildman–Crippen MR) is 60.8 cm³/mol. The number of imide groups is 1. The van der Waals surface area contributed by atoms with Crippen LogP contribution in [0.3, 0.4) is 0 Å². The van der Waals surface area contributed by atoms with Gasteiger partial charge in [-0.3, -0.25) is 10.1 Å². The number of urea groups is 1. The molecule has 0 radical (unpaired) electrons. The summed E-state index contributed by atoms with van der Waals surface area (Å²) in [7, 11) is 0. The zero-order valence-electron chi connectivity index (χ0n) is 10.0. The monoisotopic (exact) mass is 224 g/mol. The summed E-state index contributed by atoms with van der Waals surface area (Å²) >= 11 is 0. The van der Waals surface area contributed by atoms with Crippen LogP contribution < -0.4 is 5.32 Å². The van der Waals surface area contributed by atoms with Crippen LogP contribution in [0.15, 0.2) is 0 Å². The van der Waals surface area contributed by atoms with E-state index < -0.39 is 0 Å². The van der Waals surface area contributed by atoms with E-state index in [1.807, 2.05) is 6.92 Å². The summed E-state index contributed by atoms with van der Waals surface area (Å²) in [5.74, 6) is 1.20. The first kappa shape index (κ1) is 11.4. The van der Waals surface area contributed by atoms with E-state index in [2.05, 4.69) is 12.2 Å². The maximum atomic E-state index is 11.6. The Morgan fingerprint density at radius 3 is 2.69 bits per heavy atom. The van der Waals surface area contributed by atoms with E-state index in [-0.39, 0.29) is 17.9 Å². The molecule has 2 aliphatic rings. The van der Waals surface area contributed by atoms with Crippen LogP contribution >= 0.6 is 0 Å². The summed E-state index contributed by atoms with van der Waals surface area (Å²) in [6.45, 7) is 5.53. The van der Waals surface area contributed by atoms with Gasteiger partial charge in [-0.1, -0.05) is 20.3 Å². The van der Waals surface area contributed by atoms with Crippen molar-refractivity contribution in [2.45, 2.75) is 33.1 Å². The van der Waals surface area contributed by atoms with Gasteiger partial charge in [0, 0.05) is 13.1 Å². The van der Waals surface area contributed by atoms with Gasteiger partial charge in [0.25, 0.3) is 0 Å². The summed E-state index contributed by atoms with van der Waals surface area (Å²) in [4.78, 5) is 24.7. The fourth-order valence-corrected chi connectivity index (χ4v) is 2.76. The van der Waals surface area contributed by atoms with Crippen LogP contribution in [-0.4, -0.2) is 29.9 Å². The molecule has 0 aromatic rings. The molecule has 3 atom stereocenters. The third-order valence-corrected chi connectivity index (χ3v) is 3.74. The van der Waals surface area contributed by atoms with E-state index in [0.717, 1.165) is 12.5 Å². The second-order valence-corrected chi connectivity index (χ2v) is 5.38. The quantitative estimate of drug-likeness (QED) is 0.774. The van der Waals surface area contributed by atoms with Crippen molar-refractivity contribution >= 4 is 11.9 Å². The van der Waals surface area contributed by atoms with Gasteiger partial charge >= 0.3 is 6.03 Å². The van der Waals surface area contributed by atoms with Gasteiger partial charge in [0.2, 0.25) is 5.91 Å². The normalized spacial score (nSPS) is 35.4. The summed E-state index contributed by atoms with van der Waals surface area (Å²) in [6.07, 6.45) is 3.70. The summed E-state index contributed by atoms with van der Waals surface area (Å²) in [5.41, 5.74) is 0. The Morgan fingerprint density at radius 2 is 2.06 bits per heavy atom. The summed E-state index contributed by atoms with van der Waals surface area (Å²) in [5, 5.41) is 2.41. The average molecular weight is 224 g/mol. The van der Waals surface area contributed by atoms with Crippen LogP contribution in [-0.2, 0) is 4.79 Å². The molecule has 1 heterocycles. The van der Waals surface area contributed by atoms with Crippen LogP contribution in [0.4, 0.5) is 4.79 Å². The molecule has 2 rings (SSSR count). The topological polar surface area (TPSA) is 49.4 Å². The van der Waals surface area contributed by atoms with E-state index in [0.29, 0.717) is 12.5 Å². The minimum absolute atomic E-state index is 0.0727. The van der Waals surface area contributed by atoms with Crippen LogP contribution in [0, 0.1) is 17.8 Å². The van der Waals surface area contributed by atoms with Crippen molar-refractivity contribution in [1.29, 1.82) is 0 Å². The molecule has 0 aromatic heterocycles. The van der Waals surface area contributed by atoms with E-state index in [1.165, 1.54) is 19.3 Å². The third kappa shape index (κ3) is 2.36. The molecule has 0 spiro atoms. The molecule has 1 saturated heterocycles. The Bertz CT molecular complexity index is 303. The number of hydrogen-bond acceptors (Lipinski definition) is 2. The van der Waals surface area contributed by atoms with E-state index >= 15 is 0 Å². The minimum Gasteiger partial charge on any atom is -0.323 e. The second-order valence-electron chi connectivity index (χ2n) is 5.38. The van der Waals surface area contributed by atoms with E-state index in [9.17, 15) is 9.59 Å². The molecule has 4 nitrogen and oxygen atoms in total. The molecule has 1 aliphatic carbocycles. The number of carbonyl (C=O) groups excluding carboxylic acids is 2. The predicted octanol–water partition coefficient (Wildman–Crippen LogP) is 1.61. The molecular formula is C12H20N2O2. The van der Waals surface area contributed by atoms with Gasteiger partial charge in [-0.05, 0) is 24.7 Å². The Labute approximate surface area is 96.4 Å². The van der Waals surface area contributed by atoms with Crippen molar-refractivity contribution in [1.82, 2.24) is 10.2 Å². The van der Waals surface area contributed by atoms with Gasteiger partial charge in [-0.25, -0.2) is 4.79 Å². The van der Waals surface area contributed by atoms with Crippen molar-refractivity contribution in [2.75, 3.05) is 13.1 Å². The first-order chi connectivity index (χ1) is 7.56. The van der Waals surface area contributed by atoms with Crippen LogP contribution in [0.25, 0.3) is 0 Å². The lowest BCUT2D eigenvalue weighted by molar-refractivity contribution is -0.125. The smallest absolute Gasteiger partial charge is 0.323 e. The fourth-order valence-electron chi connectivity index (χ4n) is 2.76. The molecule has 3 amide bonds. The highest BCUT2D eigenvalue weighted by atomic mass is 16.2. The molecule has 1 saturated carbocycles. The molecule has 1 N–H and O–H groups in total. The number of hydrogen-bond donors (Lipinski definition) is 1. The summed E-state index contributed by atoms with van der Waals surface area (Å²) < 4.78 is 0. The van der Waals surface area contributed by atoms with Crippen LogP contribution in [0.5, 0.6) is 0 Å². The standard InChI is InChI=1S/C12H20N2O2/c1-8-3-4-10(5-8)7-14-6-9(2)11(15)13-12(14)16/h8-10H,3-7H2,1-2H3,(H,13,15,16). The van der Waals surface area contributed by atoms with E-state index in [4.69, 9.17) is 0 Å². The van der Waals surface area contributed by atoms with Gasteiger partial charge < -0.3 is 4.90 Å². The number of carbonyl (C=O) groups is 2. The first-order valence-electron chi connectivity index (χ1n) is 6.16. The zero-order chi connectivity index (χ0) is 11.7. The molecular weight excluding hydrogens is 204 g/mol. The average Bonchev–Trinajstić information content (AvgIpc) is 2.60. The lowest BCUT2D eigenvalue weighted by atomic mass is 10.0. The molecule has 1 aliphatic heterocycles. The molecule has 2 fully saturated rings. The van der Waals surface area contributed by atoms with Gasteiger partial charge in [-0.2, -0.15) is 0 Å². The molecule has 16 heavy (non-hydrogen) atoms. The third-order valence-electron chi connectivity index (χ3n) is 3.74. The SMILES string of the molecule is CC1CCC(CN2CC(C)C(=O)NC2=O)C1. The van der Waals surface area contributed by atoms with Crippen molar-refractivity contribution in [2.24, 2.45) is 17.8 Å². The second kappa shape index (κ2) is 4.44. The van der Waals surface area contributed by atoms with Crippen molar-refractivity contribution < 1.29 is 9.59 Å². The molecule has 4 heteroatoms. The maximum absolute atomic E-state index is 11.6. The summed E-state index contributed by atoms with van der Waals surface area (Å²) in [6, 6.07) is -0.206. The van der Waals surface area contributed by atoms with Gasteiger partial charge in [0.05, 0.1) is 5.92 Å². The van der Waals surface area contributed by atoms with E-state index in [1.54, 1.807) is 4.90 Å². The molecule has 0 bridgehead atoms. The van der Waals surface area contributed by atoms with Gasteiger partial charge in [0.15, 0.2) is 0 Å². The highest BCUT2D eigenvalue weighted by Gasteiger charge is 2.32. The first-order valence-corrected chi connectivity index (χ1v) is 6.16. The molecule has 90 valence electrons. The Morgan fingerprint density at radius 1 is 1.31 bits per heavy atom. The fraction of sp³-hybridized carbons (Fsp3) is 0.833. The molecule has 0 aromatic carbocycles. The number of nitrogens with zero attached hydrogens (tertiary/aromatic N) is 1. The van der Waals surface area contributed by atoms with Crippen molar-refractivity contribution in [3.8, 4) is 0 Å². The largest absolute Gasteiger partial charge is 0.324 e. The highest BCUT2D eigenvalue weighted by Crippen LogP contribution is 2.31. The zero-order valence-corrected chi connectivity index (χ0v) is 10.0. The number of nitrogens with one attached hydrogen (secondary N) is 1. The Hall–Kier alpha value is -1.06. The molecule has 3 unspecified atom stereocenters. The Balaban J connectivity index is 1.89. The maximum Gasteiger partial charge on any atom is 0.324 e. The number of rotatable bonds is 2. The number of amides is 3.